The van der Waals surface area contributed by atoms with Gasteiger partial charge >= 0.3 is 0 Å². The Bertz CT molecular complexity index is 598. The molecule has 0 aliphatic heterocycles. The Morgan fingerprint density at radius 2 is 0.927 bits per heavy atom. The number of quaternary nitrogens is 1. The van der Waals surface area contributed by atoms with Crippen LogP contribution in [0.5, 0.6) is 0 Å². The number of unbranched alkanes of at least 4 members (excludes halogenated alkanes) is 14. The Morgan fingerprint density at radius 3 is 1.22 bits per heavy atom. The number of ether oxygens (including phenoxy) is 2. The van der Waals surface area contributed by atoms with Gasteiger partial charge in [0.05, 0.1) is 59.8 Å². The second-order valence-electron chi connectivity index (χ2n) is 11.9. The van der Waals surface area contributed by atoms with Crippen LogP contribution in [-0.4, -0.2) is 101 Å². The summed E-state index contributed by atoms with van der Waals surface area (Å²) >= 11 is 0. The number of likely N-dealkylation sites (N-methyl/N-ethyl adjacent to an activating group) is 1. The average molecular weight is 614 g/mol. The van der Waals surface area contributed by atoms with Crippen LogP contribution < -0.4 is 0 Å². The fourth-order valence-corrected chi connectivity index (χ4v) is 4.37. The first-order chi connectivity index (χ1) is 19.5. The van der Waals surface area contributed by atoms with Gasteiger partial charge in [-0.05, 0) is 12.8 Å². The van der Waals surface area contributed by atoms with Gasteiger partial charge in [-0.3, -0.25) is 4.18 Å². The van der Waals surface area contributed by atoms with Gasteiger partial charge in [0.15, 0.2) is 0 Å². The Morgan fingerprint density at radius 1 is 0.634 bits per heavy atom. The molecule has 250 valence electrons. The summed E-state index contributed by atoms with van der Waals surface area (Å²) < 4.78 is 43.3. The molecular formula is C31H67NO8S. The maximum Gasteiger partial charge on any atom is 0.217 e. The summed E-state index contributed by atoms with van der Waals surface area (Å²) in [7, 11) is 0.758. The lowest BCUT2D eigenvalue weighted by Gasteiger charge is -2.29. The van der Waals surface area contributed by atoms with Crippen molar-refractivity contribution < 1.29 is 41.3 Å². The Balaban J connectivity index is 0. The molecule has 0 saturated carbocycles. The van der Waals surface area contributed by atoms with Gasteiger partial charge < -0.3 is 28.7 Å². The van der Waals surface area contributed by atoms with E-state index in [1.807, 2.05) is 0 Å². The third kappa shape index (κ3) is 37.6. The van der Waals surface area contributed by atoms with Gasteiger partial charge in [-0.15, -0.1) is 0 Å². The largest absolute Gasteiger partial charge is 0.726 e. The smallest absolute Gasteiger partial charge is 0.217 e. The van der Waals surface area contributed by atoms with E-state index in [9.17, 15) is 23.2 Å². The van der Waals surface area contributed by atoms with E-state index >= 15 is 0 Å². The lowest BCUT2D eigenvalue weighted by Crippen LogP contribution is -2.45. The molecule has 0 radical (unpaired) electrons. The van der Waals surface area contributed by atoms with Gasteiger partial charge in [0.2, 0.25) is 10.4 Å². The molecule has 10 heteroatoms. The third-order valence-electron chi connectivity index (χ3n) is 7.29. The standard InChI is InChI=1S/C30H64NO4.CH4O4S/c1-5-7-9-11-13-15-17-19-21-29(32)27-34-25-23-31(3,4)24-26-35-28-30(33)22-20-18-16-14-12-10-8-6-2;1-5-6(2,3)4/h29-30,32-33H,5-28H2,1-4H3;1H3,(H,2,3,4)/q+1;/p-1. The van der Waals surface area contributed by atoms with Gasteiger partial charge in [0, 0.05) is 0 Å². The summed E-state index contributed by atoms with van der Waals surface area (Å²) in [4.78, 5) is 0. The van der Waals surface area contributed by atoms with Gasteiger partial charge in [-0.25, -0.2) is 8.42 Å². The molecule has 0 aromatic heterocycles. The van der Waals surface area contributed by atoms with Gasteiger partial charge in [-0.1, -0.05) is 117 Å². The number of hydrogen-bond acceptors (Lipinski definition) is 8. The predicted molar refractivity (Wildman–Crippen MR) is 167 cm³/mol. The van der Waals surface area contributed by atoms with Crippen molar-refractivity contribution in [1.82, 2.24) is 0 Å². The van der Waals surface area contributed by atoms with Crippen LogP contribution in [0.4, 0.5) is 0 Å². The summed E-state index contributed by atoms with van der Waals surface area (Å²) in [6.07, 6.45) is 21.7. The molecule has 0 saturated heterocycles. The molecule has 0 aliphatic carbocycles. The molecule has 9 nitrogen and oxygen atoms in total. The molecule has 0 aromatic carbocycles. The zero-order valence-electron chi connectivity index (χ0n) is 27.3. The fraction of sp³-hybridized carbons (Fsp3) is 1.00. The molecule has 0 fully saturated rings. The molecule has 2 N–H and O–H groups in total. The summed E-state index contributed by atoms with van der Waals surface area (Å²) in [5, 5.41) is 20.3. The Kier molecular flexibility index (Phi) is 31.0. The van der Waals surface area contributed by atoms with Crippen molar-refractivity contribution in [2.24, 2.45) is 0 Å². The van der Waals surface area contributed by atoms with Gasteiger partial charge in [0.25, 0.3) is 0 Å². The SMILES string of the molecule is CCCCCCCCCCC(O)COCC[N+](C)(C)CCOCC(O)CCCCCCCCCC.COS(=O)(=O)[O-]. The first-order valence-corrected chi connectivity index (χ1v) is 17.7. The predicted octanol–water partition coefficient (Wildman–Crippen LogP) is 5.97. The zero-order chi connectivity index (χ0) is 31.2. The molecule has 0 amide bonds. The lowest BCUT2D eigenvalue weighted by atomic mass is 10.1. The number of aliphatic hydroxyl groups excluding tert-OH is 2. The zero-order valence-corrected chi connectivity index (χ0v) is 28.1. The normalized spacial score (nSPS) is 13.6. The molecule has 0 aliphatic rings. The lowest BCUT2D eigenvalue weighted by molar-refractivity contribution is -0.891. The van der Waals surface area contributed by atoms with Crippen LogP contribution in [0.15, 0.2) is 0 Å². The Labute approximate surface area is 253 Å². The first kappa shape index (κ1) is 42.8. The highest BCUT2D eigenvalue weighted by atomic mass is 32.3. The molecule has 0 heterocycles. The van der Waals surface area contributed by atoms with Crippen molar-refractivity contribution in [3.05, 3.63) is 0 Å². The maximum atomic E-state index is 10.1. The second-order valence-corrected chi connectivity index (χ2v) is 13.1. The maximum absolute atomic E-state index is 10.1. The highest BCUT2D eigenvalue weighted by Crippen LogP contribution is 2.12. The summed E-state index contributed by atoms with van der Waals surface area (Å²) in [6, 6.07) is 0. The van der Waals surface area contributed by atoms with Crippen molar-refractivity contribution in [3.8, 4) is 0 Å². The number of rotatable bonds is 29. The highest BCUT2D eigenvalue weighted by molar-refractivity contribution is 7.80. The van der Waals surface area contributed by atoms with Crippen molar-refractivity contribution >= 4 is 10.4 Å². The average Bonchev–Trinajstić information content (AvgIpc) is 2.92. The van der Waals surface area contributed by atoms with Crippen molar-refractivity contribution in [2.45, 2.75) is 142 Å². The van der Waals surface area contributed by atoms with Crippen LogP contribution in [0.25, 0.3) is 0 Å². The van der Waals surface area contributed by atoms with Crippen LogP contribution in [0.2, 0.25) is 0 Å². The van der Waals surface area contributed by atoms with Crippen LogP contribution in [0.3, 0.4) is 0 Å². The molecule has 2 atom stereocenters. The van der Waals surface area contributed by atoms with E-state index in [0.29, 0.717) is 26.4 Å². The van der Waals surface area contributed by atoms with E-state index in [1.165, 1.54) is 89.9 Å². The van der Waals surface area contributed by atoms with Crippen LogP contribution in [0.1, 0.15) is 129 Å². The molecule has 0 spiro atoms. The van der Waals surface area contributed by atoms with E-state index in [1.54, 1.807) is 0 Å². The van der Waals surface area contributed by atoms with E-state index < -0.39 is 10.4 Å². The summed E-state index contributed by atoms with van der Waals surface area (Å²) in [6.45, 7) is 8.50. The number of hydrogen-bond donors (Lipinski definition) is 2. The highest BCUT2D eigenvalue weighted by Gasteiger charge is 2.15. The molecular weight excluding hydrogens is 546 g/mol. The molecule has 41 heavy (non-hydrogen) atoms. The molecule has 0 aromatic rings. The molecule has 0 rings (SSSR count). The van der Waals surface area contributed by atoms with E-state index in [0.717, 1.165) is 50.4 Å². The van der Waals surface area contributed by atoms with Gasteiger partial charge in [0.1, 0.15) is 13.1 Å². The minimum absolute atomic E-state index is 0.336. The monoisotopic (exact) mass is 613 g/mol. The fourth-order valence-electron chi connectivity index (χ4n) is 4.37. The van der Waals surface area contributed by atoms with Crippen molar-refractivity contribution in [2.75, 3.05) is 60.7 Å². The van der Waals surface area contributed by atoms with E-state index in [-0.39, 0.29) is 12.2 Å². The molecule has 2 unspecified atom stereocenters. The van der Waals surface area contributed by atoms with Crippen LogP contribution >= 0.6 is 0 Å². The van der Waals surface area contributed by atoms with E-state index in [2.05, 4.69) is 32.1 Å². The van der Waals surface area contributed by atoms with E-state index in [4.69, 9.17) is 9.47 Å². The number of aliphatic hydroxyl groups is 2. The molecule has 0 bridgehead atoms. The third-order valence-corrected chi connectivity index (χ3v) is 7.70. The van der Waals surface area contributed by atoms with Crippen LogP contribution in [-0.2, 0) is 24.1 Å². The second kappa shape index (κ2) is 29.7. The minimum Gasteiger partial charge on any atom is -0.726 e. The van der Waals surface area contributed by atoms with Gasteiger partial charge in [-0.2, -0.15) is 0 Å². The minimum atomic E-state index is -4.41. The first-order valence-electron chi connectivity index (χ1n) is 16.3. The van der Waals surface area contributed by atoms with Crippen LogP contribution in [0, 0.1) is 0 Å². The van der Waals surface area contributed by atoms with Crippen molar-refractivity contribution in [3.63, 3.8) is 0 Å². The summed E-state index contributed by atoms with van der Waals surface area (Å²) in [5.74, 6) is 0. The quantitative estimate of drug-likeness (QED) is 0.0457. The van der Waals surface area contributed by atoms with Crippen molar-refractivity contribution in [1.29, 1.82) is 0 Å². The Hall–Kier alpha value is -0.330. The summed E-state index contributed by atoms with van der Waals surface area (Å²) in [5.41, 5.74) is 0. The topological polar surface area (TPSA) is 125 Å². The number of nitrogens with zero attached hydrogens (tertiary/aromatic N) is 1.